The summed E-state index contributed by atoms with van der Waals surface area (Å²) in [6.45, 7) is 24.7. The Morgan fingerprint density at radius 3 is 1.19 bits per heavy atom. The molecule has 8 aromatic rings. The summed E-state index contributed by atoms with van der Waals surface area (Å²) in [4.78, 5) is 62.7. The number of hydrogen-bond donors (Lipinski definition) is 0. The maximum absolute atomic E-state index is 14.6. The van der Waals surface area contributed by atoms with Gasteiger partial charge in [0, 0.05) is 122 Å². The lowest BCUT2D eigenvalue weighted by Crippen LogP contribution is -2.45. The van der Waals surface area contributed by atoms with Crippen molar-refractivity contribution in [2.24, 2.45) is 0 Å². The van der Waals surface area contributed by atoms with Crippen LogP contribution in [0.15, 0.2) is 73.3 Å². The van der Waals surface area contributed by atoms with Crippen LogP contribution in [-0.2, 0) is 77.3 Å². The first-order valence-electron chi connectivity index (χ1n) is 37.8. The van der Waals surface area contributed by atoms with Crippen LogP contribution in [-0.4, -0.2) is 221 Å². The lowest BCUT2D eigenvalue weighted by atomic mass is 10.1. The molecule has 36 heteroatoms. The van der Waals surface area contributed by atoms with Gasteiger partial charge in [0.2, 0.25) is 23.8 Å². The molecule has 4 saturated carbocycles. The second kappa shape index (κ2) is 32.9. The van der Waals surface area contributed by atoms with Crippen LogP contribution in [0.1, 0.15) is 132 Å². The van der Waals surface area contributed by atoms with Gasteiger partial charge >= 0.3 is 0 Å². The molecule has 606 valence electrons. The molecular formula is C77H94Cl3FN16O12S4. The minimum atomic E-state index is -3.41. The van der Waals surface area contributed by atoms with E-state index in [1.54, 1.807) is 88.8 Å². The van der Waals surface area contributed by atoms with E-state index in [-0.39, 0.29) is 28.6 Å². The minimum absolute atomic E-state index is 0.0413. The maximum Gasteiger partial charge on any atom is 0.226 e. The third-order valence-corrected chi connectivity index (χ3v) is 32.7. The van der Waals surface area contributed by atoms with Gasteiger partial charge in [0.15, 0.2) is 39.3 Å². The van der Waals surface area contributed by atoms with Crippen molar-refractivity contribution in [1.82, 2.24) is 59.8 Å². The molecule has 0 radical (unpaired) electrons. The van der Waals surface area contributed by atoms with Crippen molar-refractivity contribution in [3.63, 3.8) is 0 Å². The van der Waals surface area contributed by atoms with Gasteiger partial charge < -0.3 is 38.5 Å². The van der Waals surface area contributed by atoms with Crippen LogP contribution in [0.2, 0.25) is 15.1 Å². The maximum atomic E-state index is 14.6. The van der Waals surface area contributed by atoms with Crippen molar-refractivity contribution in [3.05, 3.63) is 140 Å². The topological polar surface area (TPSA) is 341 Å². The van der Waals surface area contributed by atoms with Gasteiger partial charge in [-0.15, -0.1) is 0 Å². The van der Waals surface area contributed by atoms with Crippen LogP contribution in [0.3, 0.4) is 0 Å². The molecule has 4 aliphatic carbocycles. The molecule has 0 unspecified atom stereocenters. The molecule has 4 saturated heterocycles. The van der Waals surface area contributed by atoms with Crippen molar-refractivity contribution in [1.29, 1.82) is 0 Å². The first-order valence-corrected chi connectivity index (χ1v) is 45.9. The predicted octanol–water partition coefficient (Wildman–Crippen LogP) is 10.9. The zero-order valence-corrected chi connectivity index (χ0v) is 70.7. The van der Waals surface area contributed by atoms with E-state index in [1.165, 1.54) is 24.8 Å². The molecular weight excluding hydrogens is 1590 g/mol. The molecule has 113 heavy (non-hydrogen) atoms. The fraction of sp³-hybridized carbons (Fsp3) is 0.532. The fourth-order valence-corrected chi connectivity index (χ4v) is 20.9. The molecule has 0 spiro atoms. The van der Waals surface area contributed by atoms with E-state index in [1.807, 2.05) is 49.3 Å². The van der Waals surface area contributed by atoms with Crippen molar-refractivity contribution < 1.29 is 57.0 Å². The van der Waals surface area contributed by atoms with Gasteiger partial charge in [-0.2, -0.15) is 0 Å². The van der Waals surface area contributed by atoms with Crippen LogP contribution in [0.4, 0.5) is 28.2 Å². The largest absolute Gasteiger partial charge is 0.378 e. The van der Waals surface area contributed by atoms with Gasteiger partial charge in [0.25, 0.3) is 0 Å². The second-order valence-electron chi connectivity index (χ2n) is 30.6. The molecule has 16 rings (SSSR count). The number of pyridine rings is 4. The van der Waals surface area contributed by atoms with Crippen LogP contribution in [0.25, 0.3) is 45.0 Å². The van der Waals surface area contributed by atoms with E-state index >= 15 is 0 Å². The molecule has 0 aromatic carbocycles. The Morgan fingerprint density at radius 2 is 0.814 bits per heavy atom. The van der Waals surface area contributed by atoms with Crippen molar-refractivity contribution in [2.75, 3.05) is 130 Å². The highest BCUT2D eigenvalue weighted by molar-refractivity contribution is 7.93. The zero-order valence-electron chi connectivity index (χ0n) is 65.1. The highest BCUT2D eigenvalue weighted by Crippen LogP contribution is 2.58. The Labute approximate surface area is 674 Å². The molecule has 4 aliphatic heterocycles. The number of hydrogen-bond acceptors (Lipinski definition) is 28. The summed E-state index contributed by atoms with van der Waals surface area (Å²) in [6.07, 6.45) is 13.9. The summed E-state index contributed by atoms with van der Waals surface area (Å²) in [5.74, 6) is 1.53. The van der Waals surface area contributed by atoms with Gasteiger partial charge in [-0.25, -0.2) is 77.9 Å². The predicted molar refractivity (Wildman–Crippen MR) is 433 cm³/mol. The van der Waals surface area contributed by atoms with E-state index in [4.69, 9.17) is 78.7 Å². The number of ether oxygens (including phenoxy) is 4. The van der Waals surface area contributed by atoms with E-state index in [9.17, 15) is 38.1 Å². The summed E-state index contributed by atoms with van der Waals surface area (Å²) in [6, 6.07) is 13.7. The Kier molecular flexibility index (Phi) is 24.3. The standard InChI is InChI=1S/C20H23ClN4O3S.C19H23ClN4O3S.C19H25ClN4O3S.C19H23FN4O3S/c1-13-10-16(21)15(12-22-13)17-11-18(20(4-5-20)29(26,27)14-2-3-14)24-19(23-17)25-6-8-28-9-7-25;1-12-8-15(20)14(10-21-12)16-9-17(19(4-5-19)28(3,25)26)23-18(22-16)24-6-7-27-11-13(24)2;1-12-8-15(20)14(10-21-12)16-9-17(19(3,4)28(5,25)26)23-18(22-16)24-6-7-27-11-13(24)2;1-3-28(25,26)19(4-5-19)17-11-16(14-12-21-13(2)10-15(14)20)22-18(23-17)24-6-8-27-9-7-24/h10-12,14H,2-9H2,1H3;8-10,13H,4-7,11H2,1-3H3;8-10,13H,6-7,11H2,1-5H3;10-12H,3-9H2,1-2H3/t;2*13-;/m.11./s1. The van der Waals surface area contributed by atoms with Crippen molar-refractivity contribution in [3.8, 4) is 45.0 Å². The van der Waals surface area contributed by atoms with Crippen LogP contribution >= 0.6 is 34.8 Å². The minimum Gasteiger partial charge on any atom is -0.378 e. The monoisotopic (exact) mass is 1690 g/mol. The Hall–Kier alpha value is -7.44. The lowest BCUT2D eigenvalue weighted by Gasteiger charge is -2.34. The number of aromatic nitrogens is 12. The summed E-state index contributed by atoms with van der Waals surface area (Å²) in [7, 11) is -13.3. The first-order chi connectivity index (χ1) is 53.5. The highest BCUT2D eigenvalue weighted by Gasteiger charge is 2.62. The van der Waals surface area contributed by atoms with Gasteiger partial charge in [-0.3, -0.25) is 19.9 Å². The zero-order chi connectivity index (χ0) is 81.0. The van der Waals surface area contributed by atoms with Crippen molar-refractivity contribution >= 4 is 97.9 Å². The highest BCUT2D eigenvalue weighted by atomic mass is 35.5. The molecule has 28 nitrogen and oxygen atoms in total. The van der Waals surface area contributed by atoms with Gasteiger partial charge in [0.1, 0.15) is 24.8 Å². The van der Waals surface area contributed by atoms with E-state index in [2.05, 4.69) is 39.8 Å². The number of morpholine rings is 4. The van der Waals surface area contributed by atoms with E-state index < -0.39 is 64.2 Å². The summed E-state index contributed by atoms with van der Waals surface area (Å²) in [5, 5.41) is 1.36. The average Bonchev–Trinajstić information content (AvgIpc) is 1.56. The number of anilines is 4. The number of halogens is 4. The smallest absolute Gasteiger partial charge is 0.226 e. The molecule has 0 bridgehead atoms. The van der Waals surface area contributed by atoms with E-state index in [0.717, 1.165) is 29.9 Å². The van der Waals surface area contributed by atoms with E-state index in [0.29, 0.717) is 237 Å². The Balaban J connectivity index is 0.000000132. The summed E-state index contributed by atoms with van der Waals surface area (Å²) in [5.41, 5.74) is 9.32. The molecule has 8 fully saturated rings. The number of nitrogens with zero attached hydrogens (tertiary/aromatic N) is 16. The van der Waals surface area contributed by atoms with Crippen LogP contribution < -0.4 is 19.6 Å². The first kappa shape index (κ1) is 83.5. The average molecular weight is 1690 g/mol. The molecule has 0 amide bonds. The molecule has 12 heterocycles. The third kappa shape index (κ3) is 17.7. The molecule has 0 N–H and O–H groups in total. The second-order valence-corrected chi connectivity index (χ2v) is 41.8. The van der Waals surface area contributed by atoms with Gasteiger partial charge in [0.05, 0.1) is 136 Å². The number of aryl methyl sites for hydroxylation is 4. The SMILES string of the molecule is CCS(=O)(=O)C1(c2cc(-c3cnc(C)cc3F)nc(N3CCOCC3)n2)CC1.Cc1cc(Cl)c(-c2cc(C(C)(C)S(C)(=O)=O)nc(N3CCOC[C@H]3C)n2)cn1.Cc1cc(Cl)c(-c2cc(C3(S(=O)(=O)C4CC4)CC3)nc(N3CCOCC3)n2)cn1.Cc1cc(Cl)c(-c2cc(C3(S(C)(=O)=O)CC3)nc(N3CCOC[C@H]3C)n2)cn1. The fourth-order valence-electron chi connectivity index (χ4n) is 14.0. The third-order valence-electron chi connectivity index (χ3n) is 22.0. The van der Waals surface area contributed by atoms with Gasteiger partial charge in [-0.1, -0.05) is 41.7 Å². The van der Waals surface area contributed by atoms with Gasteiger partial charge in [-0.05, 0) is 155 Å². The van der Waals surface area contributed by atoms with Crippen molar-refractivity contribution in [2.45, 2.75) is 150 Å². The summed E-state index contributed by atoms with van der Waals surface area (Å²) < 4.78 is 134. The van der Waals surface area contributed by atoms with Crippen LogP contribution in [0, 0.1) is 33.5 Å². The normalized spacial score (nSPS) is 20.0. The number of rotatable bonds is 18. The summed E-state index contributed by atoms with van der Waals surface area (Å²) >= 11 is 19.4. The lowest BCUT2D eigenvalue weighted by molar-refractivity contribution is 0.0980. The number of sulfone groups is 4. The Bertz CT molecular complexity index is 5250. The van der Waals surface area contributed by atoms with Crippen LogP contribution in [0.5, 0.6) is 0 Å². The molecule has 8 aliphatic rings. The quantitative estimate of drug-likeness (QED) is 0.0770. The Morgan fingerprint density at radius 1 is 0.460 bits per heavy atom. The molecule has 8 aromatic heterocycles. The molecule has 2 atom stereocenters.